The van der Waals surface area contributed by atoms with E-state index in [1.54, 1.807) is 11.3 Å². The van der Waals surface area contributed by atoms with Crippen molar-refractivity contribution in [3.05, 3.63) is 52.1 Å². The van der Waals surface area contributed by atoms with Gasteiger partial charge in [-0.05, 0) is 31.4 Å². The van der Waals surface area contributed by atoms with Gasteiger partial charge in [0.15, 0.2) is 5.96 Å². The summed E-state index contributed by atoms with van der Waals surface area (Å²) in [5.74, 6) is 0.843. The Morgan fingerprint density at radius 3 is 2.85 bits per heavy atom. The van der Waals surface area contributed by atoms with Crippen molar-refractivity contribution in [3.8, 4) is 0 Å². The molecule has 0 aliphatic heterocycles. The van der Waals surface area contributed by atoms with Crippen LogP contribution < -0.4 is 10.6 Å². The second-order valence-corrected chi connectivity index (χ2v) is 7.01. The van der Waals surface area contributed by atoms with Gasteiger partial charge in [0.05, 0.1) is 6.54 Å². The SMILES string of the molecule is CCNC(=NCc1ncc(CC)s1)NCCc1c[nH]c2ccccc12.I. The summed E-state index contributed by atoms with van der Waals surface area (Å²) in [5.41, 5.74) is 2.51. The number of rotatable bonds is 7. The van der Waals surface area contributed by atoms with Gasteiger partial charge in [0, 0.05) is 41.3 Å². The van der Waals surface area contributed by atoms with E-state index in [-0.39, 0.29) is 24.0 Å². The maximum absolute atomic E-state index is 4.65. The zero-order valence-corrected chi connectivity index (χ0v) is 18.4. The fraction of sp³-hybridized carbons (Fsp3) is 0.368. The summed E-state index contributed by atoms with van der Waals surface area (Å²) in [4.78, 5) is 13.7. The Morgan fingerprint density at radius 1 is 1.23 bits per heavy atom. The number of fused-ring (bicyclic) bond motifs is 1. The molecule has 0 unspecified atom stereocenters. The highest BCUT2D eigenvalue weighted by molar-refractivity contribution is 14.0. The first-order valence-electron chi connectivity index (χ1n) is 8.81. The van der Waals surface area contributed by atoms with Crippen LogP contribution >= 0.6 is 35.3 Å². The van der Waals surface area contributed by atoms with Gasteiger partial charge in [-0.25, -0.2) is 9.98 Å². The summed E-state index contributed by atoms with van der Waals surface area (Å²) >= 11 is 1.74. The molecule has 3 N–H and O–H groups in total. The molecular formula is C19H26IN5S. The zero-order chi connectivity index (χ0) is 17.5. The van der Waals surface area contributed by atoms with Crippen molar-refractivity contribution in [1.29, 1.82) is 0 Å². The molecule has 0 spiro atoms. The molecule has 0 saturated heterocycles. The predicted octanol–water partition coefficient (Wildman–Crippen LogP) is 4.10. The minimum absolute atomic E-state index is 0. The lowest BCUT2D eigenvalue weighted by molar-refractivity contribution is 0.801. The van der Waals surface area contributed by atoms with E-state index < -0.39 is 0 Å². The number of thiazole rings is 1. The molecule has 0 aliphatic carbocycles. The lowest BCUT2D eigenvalue weighted by Crippen LogP contribution is -2.38. The van der Waals surface area contributed by atoms with E-state index in [0.717, 1.165) is 36.9 Å². The zero-order valence-electron chi connectivity index (χ0n) is 15.2. The molecule has 26 heavy (non-hydrogen) atoms. The maximum Gasteiger partial charge on any atom is 0.191 e. The first kappa shape index (κ1) is 20.7. The van der Waals surface area contributed by atoms with Gasteiger partial charge in [0.2, 0.25) is 0 Å². The van der Waals surface area contributed by atoms with Crippen molar-refractivity contribution >= 4 is 52.2 Å². The minimum Gasteiger partial charge on any atom is -0.361 e. The number of nitrogens with one attached hydrogen (secondary N) is 3. The van der Waals surface area contributed by atoms with Crippen LogP contribution in [0.3, 0.4) is 0 Å². The molecule has 0 saturated carbocycles. The Labute approximate surface area is 175 Å². The molecular weight excluding hydrogens is 457 g/mol. The molecule has 140 valence electrons. The van der Waals surface area contributed by atoms with Gasteiger partial charge in [-0.15, -0.1) is 35.3 Å². The van der Waals surface area contributed by atoms with E-state index in [1.807, 2.05) is 6.20 Å². The summed E-state index contributed by atoms with van der Waals surface area (Å²) in [7, 11) is 0. The topological polar surface area (TPSA) is 65.1 Å². The molecule has 2 heterocycles. The maximum atomic E-state index is 4.65. The van der Waals surface area contributed by atoms with E-state index in [2.05, 4.69) is 69.9 Å². The van der Waals surface area contributed by atoms with Crippen molar-refractivity contribution < 1.29 is 0 Å². The van der Waals surface area contributed by atoms with Gasteiger partial charge in [-0.1, -0.05) is 25.1 Å². The van der Waals surface area contributed by atoms with Crippen LogP contribution in [-0.4, -0.2) is 29.0 Å². The van der Waals surface area contributed by atoms with Crippen LogP contribution in [0.15, 0.2) is 41.7 Å². The Kier molecular flexibility index (Phi) is 8.37. The Morgan fingerprint density at radius 2 is 2.08 bits per heavy atom. The summed E-state index contributed by atoms with van der Waals surface area (Å²) < 4.78 is 0. The number of aliphatic imine (C=N–C) groups is 1. The molecule has 0 aliphatic rings. The molecule has 5 nitrogen and oxygen atoms in total. The molecule has 1 aromatic carbocycles. The smallest absolute Gasteiger partial charge is 0.191 e. The number of nitrogens with zero attached hydrogens (tertiary/aromatic N) is 2. The largest absolute Gasteiger partial charge is 0.361 e. The van der Waals surface area contributed by atoms with Gasteiger partial charge in [0.1, 0.15) is 5.01 Å². The van der Waals surface area contributed by atoms with Gasteiger partial charge in [0.25, 0.3) is 0 Å². The number of aromatic nitrogens is 2. The van der Waals surface area contributed by atoms with Crippen LogP contribution in [0.1, 0.15) is 29.3 Å². The number of hydrogen-bond acceptors (Lipinski definition) is 3. The van der Waals surface area contributed by atoms with Crippen molar-refractivity contribution in [2.45, 2.75) is 33.2 Å². The number of benzene rings is 1. The minimum atomic E-state index is 0. The van der Waals surface area contributed by atoms with Crippen LogP contribution in [0.2, 0.25) is 0 Å². The molecule has 3 aromatic rings. The fourth-order valence-electron chi connectivity index (χ4n) is 2.73. The van der Waals surface area contributed by atoms with E-state index in [4.69, 9.17) is 0 Å². The van der Waals surface area contributed by atoms with Gasteiger partial charge < -0.3 is 15.6 Å². The summed E-state index contributed by atoms with van der Waals surface area (Å²) in [6, 6.07) is 8.40. The molecule has 7 heteroatoms. The third kappa shape index (κ3) is 5.44. The average Bonchev–Trinajstić information content (AvgIpc) is 3.26. The van der Waals surface area contributed by atoms with Crippen molar-refractivity contribution in [2.24, 2.45) is 4.99 Å². The van der Waals surface area contributed by atoms with Gasteiger partial charge >= 0.3 is 0 Å². The van der Waals surface area contributed by atoms with E-state index in [0.29, 0.717) is 6.54 Å². The number of hydrogen-bond donors (Lipinski definition) is 3. The van der Waals surface area contributed by atoms with Crippen molar-refractivity contribution in [1.82, 2.24) is 20.6 Å². The third-order valence-electron chi connectivity index (χ3n) is 4.03. The highest BCUT2D eigenvalue weighted by atomic mass is 127. The molecule has 0 amide bonds. The van der Waals surface area contributed by atoms with Crippen LogP contribution in [0.5, 0.6) is 0 Å². The first-order chi connectivity index (χ1) is 12.3. The first-order valence-corrected chi connectivity index (χ1v) is 9.62. The Bertz CT molecular complexity index is 839. The van der Waals surface area contributed by atoms with E-state index >= 15 is 0 Å². The van der Waals surface area contributed by atoms with Crippen LogP contribution in [0.4, 0.5) is 0 Å². The van der Waals surface area contributed by atoms with Crippen molar-refractivity contribution in [3.63, 3.8) is 0 Å². The van der Waals surface area contributed by atoms with E-state index in [9.17, 15) is 0 Å². The monoisotopic (exact) mass is 483 g/mol. The summed E-state index contributed by atoms with van der Waals surface area (Å²) in [6.07, 6.45) is 6.03. The lowest BCUT2D eigenvalue weighted by Gasteiger charge is -2.10. The Hall–Kier alpha value is -1.61. The standard InChI is InChI=1S/C19H25N5S.HI/c1-3-15-12-23-18(25-15)13-24-19(20-4-2)21-10-9-14-11-22-17-8-6-5-7-16(14)17;/h5-8,11-12,22H,3-4,9-10,13H2,1-2H3,(H2,20,21,24);1H. The lowest BCUT2D eigenvalue weighted by atomic mass is 10.1. The van der Waals surface area contributed by atoms with Gasteiger partial charge in [-0.2, -0.15) is 0 Å². The molecule has 2 aromatic heterocycles. The number of halogens is 1. The van der Waals surface area contributed by atoms with Crippen LogP contribution in [0, 0.1) is 0 Å². The highest BCUT2D eigenvalue weighted by Gasteiger charge is 2.04. The fourth-order valence-corrected chi connectivity index (χ4v) is 3.51. The molecule has 0 bridgehead atoms. The van der Waals surface area contributed by atoms with Crippen LogP contribution in [-0.2, 0) is 19.4 Å². The number of H-pyrrole nitrogens is 1. The quantitative estimate of drug-likeness (QED) is 0.269. The Balaban J connectivity index is 0.00000243. The van der Waals surface area contributed by atoms with Gasteiger partial charge in [-0.3, -0.25) is 0 Å². The number of aryl methyl sites for hydroxylation is 1. The predicted molar refractivity (Wildman–Crippen MR) is 122 cm³/mol. The molecule has 0 radical (unpaired) electrons. The molecule has 0 fully saturated rings. The number of para-hydroxylation sites is 1. The second-order valence-electron chi connectivity index (χ2n) is 5.81. The van der Waals surface area contributed by atoms with Crippen molar-refractivity contribution in [2.75, 3.05) is 13.1 Å². The third-order valence-corrected chi connectivity index (χ3v) is 5.15. The van der Waals surface area contributed by atoms with Crippen LogP contribution in [0.25, 0.3) is 10.9 Å². The highest BCUT2D eigenvalue weighted by Crippen LogP contribution is 2.17. The molecule has 3 rings (SSSR count). The number of aromatic amines is 1. The summed E-state index contributed by atoms with van der Waals surface area (Å²) in [5, 5.41) is 9.07. The average molecular weight is 483 g/mol. The molecule has 0 atom stereocenters. The number of guanidine groups is 1. The van der Waals surface area contributed by atoms with E-state index in [1.165, 1.54) is 21.3 Å². The second kappa shape index (κ2) is 10.5. The summed E-state index contributed by atoms with van der Waals surface area (Å²) in [6.45, 7) is 6.53. The normalized spacial score (nSPS) is 11.4.